The molecule has 0 heterocycles. The maximum atomic E-state index is 12.1. The Bertz CT molecular complexity index is 351. The lowest BCUT2D eigenvalue weighted by atomic mass is 10.2. The van der Waals surface area contributed by atoms with Gasteiger partial charge in [0.05, 0.1) is 0 Å². The van der Waals surface area contributed by atoms with E-state index in [0.29, 0.717) is 18.0 Å². The van der Waals surface area contributed by atoms with E-state index in [0.717, 1.165) is 17.4 Å². The number of hydrogen-bond donors (Lipinski definition) is 0. The van der Waals surface area contributed by atoms with Crippen molar-refractivity contribution < 1.29 is 4.79 Å². The van der Waals surface area contributed by atoms with E-state index >= 15 is 0 Å². The lowest BCUT2D eigenvalue weighted by molar-refractivity contribution is 0.0765. The molecule has 0 radical (unpaired) electrons. The van der Waals surface area contributed by atoms with Crippen LogP contribution >= 0.6 is 27.5 Å². The molecule has 0 aliphatic rings. The van der Waals surface area contributed by atoms with Gasteiger partial charge in [0.1, 0.15) is 0 Å². The van der Waals surface area contributed by atoms with Crippen LogP contribution in [0.15, 0.2) is 28.7 Å². The molecular weight excluding hydrogens is 289 g/mol. The number of rotatable bonds is 5. The van der Waals surface area contributed by atoms with Gasteiger partial charge in [-0.1, -0.05) is 28.9 Å². The molecule has 0 aromatic heterocycles. The van der Waals surface area contributed by atoms with Gasteiger partial charge in [-0.2, -0.15) is 0 Å². The zero-order valence-electron chi connectivity index (χ0n) is 9.25. The number of amides is 1. The van der Waals surface area contributed by atoms with Crippen molar-refractivity contribution in [2.75, 3.05) is 19.0 Å². The van der Waals surface area contributed by atoms with Crippen molar-refractivity contribution in [3.63, 3.8) is 0 Å². The normalized spacial score (nSPS) is 10.2. The van der Waals surface area contributed by atoms with Gasteiger partial charge in [0.2, 0.25) is 0 Å². The van der Waals surface area contributed by atoms with Gasteiger partial charge in [-0.25, -0.2) is 0 Å². The lowest BCUT2D eigenvalue weighted by Gasteiger charge is -2.21. The highest BCUT2D eigenvalue weighted by Crippen LogP contribution is 2.13. The third-order valence-electron chi connectivity index (χ3n) is 2.21. The van der Waals surface area contributed by atoms with Crippen LogP contribution in [-0.2, 0) is 0 Å². The van der Waals surface area contributed by atoms with E-state index in [1.54, 1.807) is 4.90 Å². The van der Waals surface area contributed by atoms with Gasteiger partial charge < -0.3 is 4.90 Å². The van der Waals surface area contributed by atoms with Crippen molar-refractivity contribution in [3.8, 4) is 0 Å². The van der Waals surface area contributed by atoms with Crippen molar-refractivity contribution >= 4 is 33.4 Å². The zero-order chi connectivity index (χ0) is 12.0. The highest BCUT2D eigenvalue weighted by Gasteiger charge is 2.14. The Morgan fingerprint density at radius 1 is 1.44 bits per heavy atom. The van der Waals surface area contributed by atoms with Gasteiger partial charge in [-0.15, -0.1) is 11.6 Å². The second kappa shape index (κ2) is 6.92. The summed E-state index contributed by atoms with van der Waals surface area (Å²) in [4.78, 5) is 13.9. The van der Waals surface area contributed by atoms with E-state index in [9.17, 15) is 4.79 Å². The predicted octanol–water partition coefficient (Wildman–Crippen LogP) is 3.54. The second-order valence-electron chi connectivity index (χ2n) is 3.49. The molecule has 1 amide bonds. The second-order valence-corrected chi connectivity index (χ2v) is 4.79. The number of carbonyl (C=O) groups is 1. The Morgan fingerprint density at radius 2 is 2.19 bits per heavy atom. The number of hydrogen-bond acceptors (Lipinski definition) is 1. The lowest BCUT2D eigenvalue weighted by Crippen LogP contribution is -2.33. The SMILES string of the molecule is CCCN(CCCl)C(=O)c1cccc(Br)c1. The van der Waals surface area contributed by atoms with Crippen LogP contribution in [0.5, 0.6) is 0 Å². The number of carbonyl (C=O) groups excluding carboxylic acids is 1. The van der Waals surface area contributed by atoms with Crippen LogP contribution in [0.3, 0.4) is 0 Å². The molecule has 2 nitrogen and oxygen atoms in total. The van der Waals surface area contributed by atoms with Crippen LogP contribution in [0.4, 0.5) is 0 Å². The first-order chi connectivity index (χ1) is 7.69. The fourth-order valence-corrected chi connectivity index (χ4v) is 2.09. The molecule has 0 bridgehead atoms. The van der Waals surface area contributed by atoms with E-state index in [4.69, 9.17) is 11.6 Å². The summed E-state index contributed by atoms with van der Waals surface area (Å²) in [6.45, 7) is 3.40. The molecule has 0 atom stereocenters. The average molecular weight is 305 g/mol. The summed E-state index contributed by atoms with van der Waals surface area (Å²) in [5.41, 5.74) is 0.702. The van der Waals surface area contributed by atoms with Gasteiger partial charge in [0.15, 0.2) is 0 Å². The molecule has 0 N–H and O–H groups in total. The van der Waals surface area contributed by atoms with E-state index in [-0.39, 0.29) is 5.91 Å². The summed E-state index contributed by atoms with van der Waals surface area (Å²) in [7, 11) is 0. The van der Waals surface area contributed by atoms with Gasteiger partial charge >= 0.3 is 0 Å². The Hall–Kier alpha value is -0.540. The molecule has 1 rings (SSSR count). The fraction of sp³-hybridized carbons (Fsp3) is 0.417. The maximum absolute atomic E-state index is 12.1. The van der Waals surface area contributed by atoms with Crippen LogP contribution in [0.25, 0.3) is 0 Å². The van der Waals surface area contributed by atoms with Crippen molar-refractivity contribution in [2.45, 2.75) is 13.3 Å². The summed E-state index contributed by atoms with van der Waals surface area (Å²) in [6, 6.07) is 7.42. The summed E-state index contributed by atoms with van der Waals surface area (Å²) in [5, 5.41) is 0. The smallest absolute Gasteiger partial charge is 0.253 e. The molecule has 0 unspecified atom stereocenters. The van der Waals surface area contributed by atoms with Crippen molar-refractivity contribution in [3.05, 3.63) is 34.3 Å². The summed E-state index contributed by atoms with van der Waals surface area (Å²) < 4.78 is 0.917. The standard InChI is InChI=1S/C12H15BrClNO/c1-2-7-15(8-6-14)12(16)10-4-3-5-11(13)9-10/h3-5,9H,2,6-8H2,1H3. The molecule has 0 aliphatic carbocycles. The molecule has 0 fully saturated rings. The quantitative estimate of drug-likeness (QED) is 0.762. The van der Waals surface area contributed by atoms with Crippen molar-refractivity contribution in [1.29, 1.82) is 0 Å². The first-order valence-corrected chi connectivity index (χ1v) is 6.62. The van der Waals surface area contributed by atoms with E-state index < -0.39 is 0 Å². The van der Waals surface area contributed by atoms with Gasteiger partial charge in [0.25, 0.3) is 5.91 Å². The molecular formula is C12H15BrClNO. The van der Waals surface area contributed by atoms with Crippen LogP contribution in [-0.4, -0.2) is 29.8 Å². The highest BCUT2D eigenvalue weighted by atomic mass is 79.9. The molecule has 4 heteroatoms. The van der Waals surface area contributed by atoms with E-state index in [1.165, 1.54) is 0 Å². The topological polar surface area (TPSA) is 20.3 Å². The molecule has 1 aromatic rings. The summed E-state index contributed by atoms with van der Waals surface area (Å²) in [6.07, 6.45) is 0.941. The fourth-order valence-electron chi connectivity index (χ4n) is 1.49. The van der Waals surface area contributed by atoms with Crippen LogP contribution in [0, 0.1) is 0 Å². The van der Waals surface area contributed by atoms with Crippen LogP contribution < -0.4 is 0 Å². The van der Waals surface area contributed by atoms with Gasteiger partial charge in [-0.3, -0.25) is 4.79 Å². The molecule has 0 aliphatic heterocycles. The number of halogens is 2. The minimum Gasteiger partial charge on any atom is -0.337 e. The summed E-state index contributed by atoms with van der Waals surface area (Å²) >= 11 is 9.05. The van der Waals surface area contributed by atoms with Crippen molar-refractivity contribution in [2.24, 2.45) is 0 Å². The third-order valence-corrected chi connectivity index (χ3v) is 2.87. The molecule has 16 heavy (non-hydrogen) atoms. The molecule has 0 saturated carbocycles. The Kier molecular flexibility index (Phi) is 5.85. The maximum Gasteiger partial charge on any atom is 0.253 e. The first kappa shape index (κ1) is 13.5. The predicted molar refractivity (Wildman–Crippen MR) is 71.1 cm³/mol. The number of nitrogens with zero attached hydrogens (tertiary/aromatic N) is 1. The Balaban J connectivity index is 2.81. The monoisotopic (exact) mass is 303 g/mol. The van der Waals surface area contributed by atoms with Gasteiger partial charge in [-0.05, 0) is 24.6 Å². The van der Waals surface area contributed by atoms with Crippen LogP contribution in [0.2, 0.25) is 0 Å². The average Bonchev–Trinajstić information content (AvgIpc) is 2.28. The number of alkyl halides is 1. The molecule has 0 spiro atoms. The van der Waals surface area contributed by atoms with Gasteiger partial charge in [0, 0.05) is 29.0 Å². The molecule has 1 aromatic carbocycles. The minimum atomic E-state index is 0.0452. The summed E-state index contributed by atoms with van der Waals surface area (Å²) in [5.74, 6) is 0.517. The first-order valence-electron chi connectivity index (χ1n) is 5.29. The highest BCUT2D eigenvalue weighted by molar-refractivity contribution is 9.10. The third kappa shape index (κ3) is 3.80. The van der Waals surface area contributed by atoms with E-state index in [1.807, 2.05) is 24.3 Å². The van der Waals surface area contributed by atoms with E-state index in [2.05, 4.69) is 22.9 Å². The zero-order valence-corrected chi connectivity index (χ0v) is 11.6. The Labute approximate surface area is 110 Å². The van der Waals surface area contributed by atoms with Crippen molar-refractivity contribution in [1.82, 2.24) is 4.90 Å². The molecule has 88 valence electrons. The Morgan fingerprint density at radius 3 is 2.75 bits per heavy atom. The van der Waals surface area contributed by atoms with Crippen LogP contribution in [0.1, 0.15) is 23.7 Å². The number of benzene rings is 1. The minimum absolute atomic E-state index is 0.0452. The largest absolute Gasteiger partial charge is 0.337 e. The molecule has 0 saturated heterocycles.